The zero-order valence-corrected chi connectivity index (χ0v) is 13.8. The van der Waals surface area contributed by atoms with Crippen molar-refractivity contribution in [3.63, 3.8) is 0 Å². The Bertz CT molecular complexity index is 827. The summed E-state index contributed by atoms with van der Waals surface area (Å²) in [6.07, 6.45) is 0. The number of aryl methyl sites for hydroxylation is 2. The first-order chi connectivity index (χ1) is 11.6. The van der Waals surface area contributed by atoms with E-state index in [1.807, 2.05) is 38.1 Å². The summed E-state index contributed by atoms with van der Waals surface area (Å²) in [5, 5.41) is 9.87. The van der Waals surface area contributed by atoms with E-state index in [1.54, 1.807) is 19.2 Å². The third-order valence-corrected chi connectivity index (χ3v) is 3.91. The maximum Gasteiger partial charge on any atom is 0.287 e. The number of rotatable bonds is 5. The number of carbonyl (C=O) groups is 1. The number of methoxy groups -OCH3 is 1. The molecule has 24 heavy (non-hydrogen) atoms. The van der Waals surface area contributed by atoms with Gasteiger partial charge in [-0.15, -0.1) is 0 Å². The number of aromatic amines is 1. The Balaban J connectivity index is 1.69. The maximum atomic E-state index is 12.3. The van der Waals surface area contributed by atoms with Crippen LogP contribution in [0.3, 0.4) is 0 Å². The van der Waals surface area contributed by atoms with Crippen molar-refractivity contribution in [1.82, 2.24) is 15.5 Å². The monoisotopic (exact) mass is 325 g/mol. The van der Waals surface area contributed by atoms with Gasteiger partial charge in [0.05, 0.1) is 12.8 Å². The summed E-state index contributed by atoms with van der Waals surface area (Å²) in [4.78, 5) is 12.3. The molecule has 0 bridgehead atoms. The summed E-state index contributed by atoms with van der Waals surface area (Å²) < 4.78 is 10.8. The summed E-state index contributed by atoms with van der Waals surface area (Å²) in [5.41, 5.74) is 3.71. The van der Waals surface area contributed by atoms with E-state index >= 15 is 0 Å². The van der Waals surface area contributed by atoms with Crippen molar-refractivity contribution in [3.8, 4) is 17.1 Å². The van der Waals surface area contributed by atoms with Crippen molar-refractivity contribution in [2.24, 2.45) is 0 Å². The summed E-state index contributed by atoms with van der Waals surface area (Å²) in [6, 6.07) is 10.9. The van der Waals surface area contributed by atoms with Gasteiger partial charge in [-0.05, 0) is 50.2 Å². The second-order valence-electron chi connectivity index (χ2n) is 5.49. The fraction of sp³-hybridized carbons (Fsp3) is 0.222. The molecular formula is C18H19N3O3. The molecule has 124 valence electrons. The number of nitrogens with one attached hydrogen (secondary N) is 2. The van der Waals surface area contributed by atoms with Crippen molar-refractivity contribution in [3.05, 3.63) is 59.1 Å². The van der Waals surface area contributed by atoms with E-state index in [0.29, 0.717) is 12.3 Å². The second kappa shape index (κ2) is 6.62. The molecule has 0 atom stereocenters. The van der Waals surface area contributed by atoms with Crippen LogP contribution in [0.2, 0.25) is 0 Å². The van der Waals surface area contributed by atoms with Gasteiger partial charge in [-0.3, -0.25) is 9.89 Å². The molecule has 6 nitrogen and oxygen atoms in total. The van der Waals surface area contributed by atoms with Crippen molar-refractivity contribution >= 4 is 5.91 Å². The highest BCUT2D eigenvalue weighted by atomic mass is 16.5. The Morgan fingerprint density at radius 3 is 2.58 bits per heavy atom. The normalized spacial score (nSPS) is 10.6. The lowest BCUT2D eigenvalue weighted by Crippen LogP contribution is -2.22. The predicted octanol–water partition coefficient (Wildman–Crippen LogP) is 3.23. The Morgan fingerprint density at radius 2 is 1.96 bits per heavy atom. The van der Waals surface area contributed by atoms with Crippen LogP contribution in [0.25, 0.3) is 11.3 Å². The lowest BCUT2D eigenvalue weighted by molar-refractivity contribution is 0.0924. The molecule has 0 aliphatic heterocycles. The first kappa shape index (κ1) is 15.9. The predicted molar refractivity (Wildman–Crippen MR) is 89.9 cm³/mol. The van der Waals surface area contributed by atoms with Crippen LogP contribution in [0.5, 0.6) is 5.75 Å². The van der Waals surface area contributed by atoms with Gasteiger partial charge in [0.2, 0.25) is 0 Å². The van der Waals surface area contributed by atoms with Crippen molar-refractivity contribution in [1.29, 1.82) is 0 Å². The fourth-order valence-corrected chi connectivity index (χ4v) is 2.46. The van der Waals surface area contributed by atoms with Gasteiger partial charge in [-0.25, -0.2) is 0 Å². The van der Waals surface area contributed by atoms with Gasteiger partial charge < -0.3 is 14.5 Å². The van der Waals surface area contributed by atoms with Gasteiger partial charge >= 0.3 is 0 Å². The summed E-state index contributed by atoms with van der Waals surface area (Å²) in [5.74, 6) is 1.43. The van der Waals surface area contributed by atoms with E-state index in [9.17, 15) is 4.79 Å². The molecular weight excluding hydrogens is 306 g/mol. The number of ether oxygens (including phenoxy) is 1. The Labute approximate surface area is 139 Å². The van der Waals surface area contributed by atoms with Crippen molar-refractivity contribution < 1.29 is 13.9 Å². The largest absolute Gasteiger partial charge is 0.497 e. The van der Waals surface area contributed by atoms with Gasteiger partial charge in [0.15, 0.2) is 5.76 Å². The second-order valence-corrected chi connectivity index (χ2v) is 5.49. The molecule has 0 spiro atoms. The van der Waals surface area contributed by atoms with E-state index in [-0.39, 0.29) is 11.7 Å². The SMILES string of the molecule is COc1ccc(-c2ccc(C(=O)NCc3c(C)n[nH]c3C)o2)cc1. The van der Waals surface area contributed by atoms with Crippen LogP contribution < -0.4 is 10.1 Å². The van der Waals surface area contributed by atoms with E-state index < -0.39 is 0 Å². The Hall–Kier alpha value is -3.02. The van der Waals surface area contributed by atoms with Crippen LogP contribution >= 0.6 is 0 Å². The molecule has 1 aromatic carbocycles. The Kier molecular flexibility index (Phi) is 4.37. The van der Waals surface area contributed by atoms with Crippen LogP contribution in [-0.2, 0) is 6.54 Å². The van der Waals surface area contributed by atoms with Gasteiger partial charge in [0, 0.05) is 23.4 Å². The number of hydrogen-bond acceptors (Lipinski definition) is 4. The van der Waals surface area contributed by atoms with E-state index in [0.717, 1.165) is 28.3 Å². The number of carbonyl (C=O) groups excluding carboxylic acids is 1. The number of amides is 1. The lowest BCUT2D eigenvalue weighted by Gasteiger charge is -2.04. The van der Waals surface area contributed by atoms with Crippen LogP contribution in [0.1, 0.15) is 27.5 Å². The molecule has 0 aliphatic carbocycles. The summed E-state index contributed by atoms with van der Waals surface area (Å²) >= 11 is 0. The van der Waals surface area contributed by atoms with E-state index in [2.05, 4.69) is 15.5 Å². The number of H-pyrrole nitrogens is 1. The minimum Gasteiger partial charge on any atom is -0.497 e. The third-order valence-electron chi connectivity index (χ3n) is 3.91. The molecule has 2 N–H and O–H groups in total. The third kappa shape index (κ3) is 3.17. The molecule has 2 aromatic heterocycles. The molecule has 6 heteroatoms. The number of hydrogen-bond donors (Lipinski definition) is 2. The minimum absolute atomic E-state index is 0.255. The molecule has 0 saturated heterocycles. The molecule has 3 aromatic rings. The quantitative estimate of drug-likeness (QED) is 0.755. The first-order valence-electron chi connectivity index (χ1n) is 7.61. The van der Waals surface area contributed by atoms with Gasteiger partial charge in [0.25, 0.3) is 5.91 Å². The first-order valence-corrected chi connectivity index (χ1v) is 7.61. The van der Waals surface area contributed by atoms with Crippen LogP contribution in [0.15, 0.2) is 40.8 Å². The molecule has 1 amide bonds. The van der Waals surface area contributed by atoms with E-state index in [4.69, 9.17) is 9.15 Å². The topological polar surface area (TPSA) is 80.1 Å². The minimum atomic E-state index is -0.255. The van der Waals surface area contributed by atoms with Gasteiger partial charge in [-0.2, -0.15) is 5.10 Å². The highest BCUT2D eigenvalue weighted by Crippen LogP contribution is 2.24. The number of furan rings is 1. The van der Waals surface area contributed by atoms with E-state index in [1.165, 1.54) is 0 Å². The molecule has 0 radical (unpaired) electrons. The number of aromatic nitrogens is 2. The fourth-order valence-electron chi connectivity index (χ4n) is 2.46. The van der Waals surface area contributed by atoms with Crippen molar-refractivity contribution in [2.45, 2.75) is 20.4 Å². The molecule has 3 rings (SSSR count). The molecule has 0 fully saturated rings. The molecule has 2 heterocycles. The number of nitrogens with zero attached hydrogens (tertiary/aromatic N) is 1. The van der Waals surface area contributed by atoms with Crippen LogP contribution in [-0.4, -0.2) is 23.2 Å². The van der Waals surface area contributed by atoms with Crippen molar-refractivity contribution in [2.75, 3.05) is 7.11 Å². The smallest absolute Gasteiger partial charge is 0.287 e. The zero-order chi connectivity index (χ0) is 17.1. The average Bonchev–Trinajstić information content (AvgIpc) is 3.21. The molecule has 0 aliphatic rings. The van der Waals surface area contributed by atoms with Crippen LogP contribution in [0, 0.1) is 13.8 Å². The maximum absolute atomic E-state index is 12.3. The molecule has 0 saturated carbocycles. The standard InChI is InChI=1S/C18H19N3O3/c1-11-15(12(2)21-20-11)10-19-18(22)17-9-8-16(24-17)13-4-6-14(23-3)7-5-13/h4-9H,10H2,1-3H3,(H,19,22)(H,20,21). The highest BCUT2D eigenvalue weighted by molar-refractivity contribution is 5.92. The zero-order valence-electron chi connectivity index (χ0n) is 13.8. The Morgan fingerprint density at radius 1 is 1.21 bits per heavy atom. The summed E-state index contributed by atoms with van der Waals surface area (Å²) in [6.45, 7) is 4.24. The number of benzene rings is 1. The van der Waals surface area contributed by atoms with Gasteiger partial charge in [-0.1, -0.05) is 0 Å². The lowest BCUT2D eigenvalue weighted by atomic mass is 10.2. The summed E-state index contributed by atoms with van der Waals surface area (Å²) in [7, 11) is 1.62. The highest BCUT2D eigenvalue weighted by Gasteiger charge is 2.14. The molecule has 0 unspecified atom stereocenters. The average molecular weight is 325 g/mol. The van der Waals surface area contributed by atoms with Crippen LogP contribution in [0.4, 0.5) is 0 Å². The van der Waals surface area contributed by atoms with Gasteiger partial charge in [0.1, 0.15) is 11.5 Å².